The summed E-state index contributed by atoms with van der Waals surface area (Å²) in [6, 6.07) is 14.1. The van der Waals surface area contributed by atoms with Gasteiger partial charge in [-0.1, -0.05) is 0 Å². The topological polar surface area (TPSA) is 67.4 Å². The van der Waals surface area contributed by atoms with E-state index in [1.807, 2.05) is 24.3 Å². The van der Waals surface area contributed by atoms with E-state index < -0.39 is 6.10 Å². The molecule has 2 aromatic carbocycles. The van der Waals surface area contributed by atoms with Crippen molar-refractivity contribution in [1.29, 1.82) is 0 Å². The average molecular weight is 424 g/mol. The highest BCUT2D eigenvalue weighted by Gasteiger charge is 2.15. The van der Waals surface area contributed by atoms with E-state index >= 15 is 0 Å². The van der Waals surface area contributed by atoms with Crippen LogP contribution in [0.2, 0.25) is 0 Å². The Bertz CT molecular complexity index is 684. The highest BCUT2D eigenvalue weighted by Crippen LogP contribution is 2.16. The number of hydrogen-bond donors (Lipinski definition) is 2. The Labute approximate surface area is 148 Å². The Morgan fingerprint density at radius 1 is 1.04 bits per heavy atom. The number of ether oxygens (including phenoxy) is 1. The van der Waals surface area contributed by atoms with Gasteiger partial charge in [-0.3, -0.25) is 9.59 Å². The number of carbonyl (C=O) groups excluding carboxylic acids is 2. The maximum absolute atomic E-state index is 12.1. The average Bonchev–Trinajstić information content (AvgIpc) is 2.56. The van der Waals surface area contributed by atoms with Crippen LogP contribution in [0.15, 0.2) is 48.5 Å². The van der Waals surface area contributed by atoms with Crippen molar-refractivity contribution >= 4 is 40.1 Å². The summed E-state index contributed by atoms with van der Waals surface area (Å²) >= 11 is 2.20. The first kappa shape index (κ1) is 17.3. The minimum absolute atomic E-state index is 0.166. The smallest absolute Gasteiger partial charge is 0.265 e. The van der Waals surface area contributed by atoms with E-state index in [-0.39, 0.29) is 11.8 Å². The van der Waals surface area contributed by atoms with Gasteiger partial charge in [0.2, 0.25) is 0 Å². The third-order valence-corrected chi connectivity index (χ3v) is 3.86. The van der Waals surface area contributed by atoms with Crippen molar-refractivity contribution in [2.45, 2.75) is 13.0 Å². The van der Waals surface area contributed by atoms with Crippen molar-refractivity contribution in [3.05, 3.63) is 57.7 Å². The molecule has 0 aromatic heterocycles. The Kier molecular flexibility index (Phi) is 5.97. The molecule has 0 aliphatic carbocycles. The van der Waals surface area contributed by atoms with Crippen molar-refractivity contribution < 1.29 is 14.3 Å². The van der Waals surface area contributed by atoms with Crippen LogP contribution in [0.4, 0.5) is 5.69 Å². The van der Waals surface area contributed by atoms with Crippen molar-refractivity contribution in [2.24, 2.45) is 0 Å². The second-order valence-corrected chi connectivity index (χ2v) is 6.11. The SMILES string of the molecule is CNC(=O)c1ccc(OC(C)C(=O)Nc2ccc(I)cc2)cc1. The van der Waals surface area contributed by atoms with Gasteiger partial charge < -0.3 is 15.4 Å². The number of hydrogen-bond acceptors (Lipinski definition) is 3. The molecule has 1 atom stereocenters. The number of benzene rings is 2. The fraction of sp³-hybridized carbons (Fsp3) is 0.176. The molecule has 2 N–H and O–H groups in total. The van der Waals surface area contributed by atoms with Crippen LogP contribution in [-0.2, 0) is 4.79 Å². The Hall–Kier alpha value is -2.09. The summed E-state index contributed by atoms with van der Waals surface area (Å²) in [4.78, 5) is 23.6. The van der Waals surface area contributed by atoms with E-state index in [1.54, 1.807) is 38.2 Å². The lowest BCUT2D eigenvalue weighted by Crippen LogP contribution is -2.30. The summed E-state index contributed by atoms with van der Waals surface area (Å²) in [6.45, 7) is 1.68. The number of rotatable bonds is 5. The van der Waals surface area contributed by atoms with E-state index in [0.717, 1.165) is 9.26 Å². The maximum Gasteiger partial charge on any atom is 0.265 e. The van der Waals surface area contributed by atoms with Gasteiger partial charge in [0.25, 0.3) is 11.8 Å². The second-order valence-electron chi connectivity index (χ2n) is 4.86. The van der Waals surface area contributed by atoms with Gasteiger partial charge in [-0.05, 0) is 78.0 Å². The van der Waals surface area contributed by atoms with Gasteiger partial charge in [0, 0.05) is 21.9 Å². The second kappa shape index (κ2) is 7.96. The molecule has 2 amide bonds. The van der Waals surface area contributed by atoms with Gasteiger partial charge in [0.05, 0.1) is 0 Å². The third kappa shape index (κ3) is 4.95. The fourth-order valence-electron chi connectivity index (χ4n) is 1.86. The summed E-state index contributed by atoms with van der Waals surface area (Å²) in [6.07, 6.45) is -0.653. The summed E-state index contributed by atoms with van der Waals surface area (Å²) in [7, 11) is 1.57. The number of anilines is 1. The van der Waals surface area contributed by atoms with Gasteiger partial charge in [-0.2, -0.15) is 0 Å². The lowest BCUT2D eigenvalue weighted by molar-refractivity contribution is -0.122. The van der Waals surface area contributed by atoms with Crippen LogP contribution in [0.25, 0.3) is 0 Å². The predicted octanol–water partition coefficient (Wildman–Crippen LogP) is 3.06. The van der Waals surface area contributed by atoms with Crippen LogP contribution in [0.5, 0.6) is 5.75 Å². The third-order valence-electron chi connectivity index (χ3n) is 3.14. The molecule has 6 heteroatoms. The Balaban J connectivity index is 1.95. The fourth-order valence-corrected chi connectivity index (χ4v) is 2.22. The van der Waals surface area contributed by atoms with Crippen LogP contribution in [0, 0.1) is 3.57 Å². The van der Waals surface area contributed by atoms with Crippen LogP contribution in [0.3, 0.4) is 0 Å². The number of halogens is 1. The van der Waals surface area contributed by atoms with Crippen LogP contribution < -0.4 is 15.4 Å². The molecular weight excluding hydrogens is 407 g/mol. The lowest BCUT2D eigenvalue weighted by atomic mass is 10.2. The molecule has 0 radical (unpaired) electrons. The number of nitrogens with one attached hydrogen (secondary N) is 2. The molecular formula is C17H17IN2O3. The van der Waals surface area contributed by atoms with E-state index in [1.165, 1.54) is 0 Å². The van der Waals surface area contributed by atoms with Crippen LogP contribution in [0.1, 0.15) is 17.3 Å². The van der Waals surface area contributed by atoms with E-state index in [4.69, 9.17) is 4.74 Å². The first-order valence-electron chi connectivity index (χ1n) is 7.05. The molecule has 2 aromatic rings. The molecule has 120 valence electrons. The molecule has 2 rings (SSSR count). The maximum atomic E-state index is 12.1. The number of carbonyl (C=O) groups is 2. The zero-order valence-electron chi connectivity index (χ0n) is 12.8. The minimum atomic E-state index is -0.653. The molecule has 23 heavy (non-hydrogen) atoms. The summed E-state index contributed by atoms with van der Waals surface area (Å²) in [5, 5.41) is 5.34. The van der Waals surface area contributed by atoms with Gasteiger partial charge in [-0.15, -0.1) is 0 Å². The normalized spacial score (nSPS) is 11.4. The van der Waals surface area contributed by atoms with Crippen molar-refractivity contribution in [3.8, 4) is 5.75 Å². The van der Waals surface area contributed by atoms with Crippen molar-refractivity contribution in [3.63, 3.8) is 0 Å². The molecule has 5 nitrogen and oxygen atoms in total. The first-order chi connectivity index (χ1) is 11.0. The Morgan fingerprint density at radius 2 is 1.65 bits per heavy atom. The van der Waals surface area contributed by atoms with Crippen LogP contribution >= 0.6 is 22.6 Å². The van der Waals surface area contributed by atoms with Crippen LogP contribution in [-0.4, -0.2) is 25.0 Å². The molecule has 0 bridgehead atoms. The molecule has 1 unspecified atom stereocenters. The molecule has 0 fully saturated rings. The highest BCUT2D eigenvalue weighted by molar-refractivity contribution is 14.1. The quantitative estimate of drug-likeness (QED) is 0.726. The monoisotopic (exact) mass is 424 g/mol. The summed E-state index contributed by atoms with van der Waals surface area (Å²) < 4.78 is 6.69. The van der Waals surface area contributed by atoms with Crippen molar-refractivity contribution in [2.75, 3.05) is 12.4 Å². The highest BCUT2D eigenvalue weighted by atomic mass is 127. The van der Waals surface area contributed by atoms with E-state index in [0.29, 0.717) is 11.3 Å². The molecule has 0 saturated heterocycles. The summed E-state index contributed by atoms with van der Waals surface area (Å²) in [5.74, 6) is 0.130. The van der Waals surface area contributed by atoms with Gasteiger partial charge in [0.15, 0.2) is 6.10 Å². The van der Waals surface area contributed by atoms with Gasteiger partial charge in [-0.25, -0.2) is 0 Å². The summed E-state index contributed by atoms with van der Waals surface area (Å²) in [5.41, 5.74) is 1.26. The first-order valence-corrected chi connectivity index (χ1v) is 8.12. The zero-order chi connectivity index (χ0) is 16.8. The van der Waals surface area contributed by atoms with E-state index in [9.17, 15) is 9.59 Å². The minimum Gasteiger partial charge on any atom is -0.481 e. The molecule has 0 aliphatic heterocycles. The molecule has 0 heterocycles. The van der Waals surface area contributed by atoms with E-state index in [2.05, 4.69) is 33.2 Å². The van der Waals surface area contributed by atoms with Gasteiger partial charge >= 0.3 is 0 Å². The lowest BCUT2D eigenvalue weighted by Gasteiger charge is -2.15. The predicted molar refractivity (Wildman–Crippen MR) is 97.7 cm³/mol. The zero-order valence-corrected chi connectivity index (χ0v) is 15.0. The van der Waals surface area contributed by atoms with Crippen molar-refractivity contribution in [1.82, 2.24) is 5.32 Å². The Morgan fingerprint density at radius 3 is 2.22 bits per heavy atom. The molecule has 0 aliphatic rings. The number of amides is 2. The largest absolute Gasteiger partial charge is 0.481 e. The molecule has 0 spiro atoms. The molecule has 0 saturated carbocycles. The standard InChI is InChI=1S/C17H17IN2O3/c1-11(16(21)20-14-7-5-13(18)6-8-14)23-15-9-3-12(4-10-15)17(22)19-2/h3-11H,1-2H3,(H,19,22)(H,20,21). The van der Waals surface area contributed by atoms with Gasteiger partial charge in [0.1, 0.15) is 5.75 Å².